The van der Waals surface area contributed by atoms with Gasteiger partial charge in [0.05, 0.1) is 12.6 Å². The van der Waals surface area contributed by atoms with Gasteiger partial charge in [0.25, 0.3) is 0 Å². The van der Waals surface area contributed by atoms with Crippen molar-refractivity contribution in [2.45, 2.75) is 19.9 Å². The smallest absolute Gasteiger partial charge is 0.410 e. The van der Waals surface area contributed by atoms with Gasteiger partial charge in [-0.25, -0.2) is 9.18 Å². The average Bonchev–Trinajstić information content (AvgIpc) is 2.36. The SMILES string of the molecule is CCOC(=O)N(CCN)[C@@H](C)c1ccc(F)cc1. The highest BCUT2D eigenvalue weighted by Gasteiger charge is 2.21. The predicted molar refractivity (Wildman–Crippen MR) is 67.6 cm³/mol. The van der Waals surface area contributed by atoms with Crippen LogP contribution in [0.2, 0.25) is 0 Å². The van der Waals surface area contributed by atoms with E-state index in [1.54, 1.807) is 19.1 Å². The van der Waals surface area contributed by atoms with Crippen molar-refractivity contribution in [3.63, 3.8) is 0 Å². The lowest BCUT2D eigenvalue weighted by molar-refractivity contribution is 0.0943. The quantitative estimate of drug-likeness (QED) is 0.877. The zero-order valence-electron chi connectivity index (χ0n) is 10.7. The Kier molecular flexibility index (Phi) is 5.58. The standard InChI is InChI=1S/C13H19FN2O2/c1-3-18-13(17)16(9-8-15)10(2)11-4-6-12(14)7-5-11/h4-7,10H,3,8-9,15H2,1-2H3/t10-/m0/s1. The maximum atomic E-state index is 12.9. The number of ether oxygens (including phenoxy) is 1. The lowest BCUT2D eigenvalue weighted by atomic mass is 10.1. The Balaban J connectivity index is 2.84. The highest BCUT2D eigenvalue weighted by atomic mass is 19.1. The van der Waals surface area contributed by atoms with Crippen LogP contribution in [-0.2, 0) is 4.74 Å². The number of carbonyl (C=O) groups excluding carboxylic acids is 1. The zero-order valence-corrected chi connectivity index (χ0v) is 10.7. The largest absolute Gasteiger partial charge is 0.450 e. The van der Waals surface area contributed by atoms with Gasteiger partial charge < -0.3 is 15.4 Å². The fourth-order valence-corrected chi connectivity index (χ4v) is 1.71. The van der Waals surface area contributed by atoms with Crippen LogP contribution in [0.4, 0.5) is 9.18 Å². The van der Waals surface area contributed by atoms with Gasteiger partial charge >= 0.3 is 6.09 Å². The molecule has 1 atom stereocenters. The van der Waals surface area contributed by atoms with Crippen LogP contribution in [-0.4, -0.2) is 30.7 Å². The van der Waals surface area contributed by atoms with E-state index in [4.69, 9.17) is 10.5 Å². The van der Waals surface area contributed by atoms with E-state index in [9.17, 15) is 9.18 Å². The van der Waals surface area contributed by atoms with Crippen molar-refractivity contribution in [3.05, 3.63) is 35.6 Å². The minimum atomic E-state index is -0.403. The molecular formula is C13H19FN2O2. The first-order valence-electron chi connectivity index (χ1n) is 5.99. The molecule has 0 bridgehead atoms. The molecular weight excluding hydrogens is 235 g/mol. The van der Waals surface area contributed by atoms with Crippen LogP contribution < -0.4 is 5.73 Å². The molecule has 0 aliphatic heterocycles. The average molecular weight is 254 g/mol. The van der Waals surface area contributed by atoms with Crippen LogP contribution in [0.1, 0.15) is 25.5 Å². The zero-order chi connectivity index (χ0) is 13.5. The summed E-state index contributed by atoms with van der Waals surface area (Å²) in [6.45, 7) is 4.68. The first-order chi connectivity index (χ1) is 8.60. The maximum Gasteiger partial charge on any atom is 0.410 e. The van der Waals surface area contributed by atoms with E-state index in [-0.39, 0.29) is 11.9 Å². The summed E-state index contributed by atoms with van der Waals surface area (Å²) in [5, 5.41) is 0. The van der Waals surface area contributed by atoms with Gasteiger partial charge in [-0.1, -0.05) is 12.1 Å². The number of nitrogens with zero attached hydrogens (tertiary/aromatic N) is 1. The summed E-state index contributed by atoms with van der Waals surface area (Å²) in [7, 11) is 0. The van der Waals surface area contributed by atoms with Gasteiger partial charge in [-0.05, 0) is 31.5 Å². The molecule has 0 aliphatic rings. The molecule has 0 heterocycles. The second-order valence-electron chi connectivity index (χ2n) is 3.91. The first kappa shape index (κ1) is 14.4. The summed E-state index contributed by atoms with van der Waals surface area (Å²) in [5.41, 5.74) is 6.34. The van der Waals surface area contributed by atoms with Crippen LogP contribution in [0.3, 0.4) is 0 Å². The molecule has 100 valence electrons. The molecule has 5 heteroatoms. The Labute approximate surface area is 107 Å². The lowest BCUT2D eigenvalue weighted by Gasteiger charge is -2.28. The Hall–Kier alpha value is -1.62. The number of nitrogens with two attached hydrogens (primary N) is 1. The van der Waals surface area contributed by atoms with E-state index in [1.807, 2.05) is 6.92 Å². The fourth-order valence-electron chi connectivity index (χ4n) is 1.71. The van der Waals surface area contributed by atoms with Crippen molar-refractivity contribution in [3.8, 4) is 0 Å². The number of rotatable bonds is 5. The van der Waals surface area contributed by atoms with Crippen molar-refractivity contribution in [1.29, 1.82) is 0 Å². The lowest BCUT2D eigenvalue weighted by Crippen LogP contribution is -2.37. The Morgan fingerprint density at radius 3 is 2.56 bits per heavy atom. The highest BCUT2D eigenvalue weighted by molar-refractivity contribution is 5.68. The monoisotopic (exact) mass is 254 g/mol. The molecule has 0 fully saturated rings. The van der Waals surface area contributed by atoms with Crippen molar-refractivity contribution in [2.24, 2.45) is 5.73 Å². The third-order valence-corrected chi connectivity index (χ3v) is 2.69. The minimum absolute atomic E-state index is 0.201. The number of benzene rings is 1. The number of hydrogen-bond acceptors (Lipinski definition) is 3. The van der Waals surface area contributed by atoms with Crippen LogP contribution in [0.5, 0.6) is 0 Å². The minimum Gasteiger partial charge on any atom is -0.450 e. The molecule has 1 aromatic rings. The first-order valence-corrected chi connectivity index (χ1v) is 5.99. The normalized spacial score (nSPS) is 12.0. The third kappa shape index (κ3) is 3.70. The molecule has 0 aromatic heterocycles. The van der Waals surface area contributed by atoms with Gasteiger partial charge in [0, 0.05) is 13.1 Å². The summed E-state index contributed by atoms with van der Waals surface area (Å²) >= 11 is 0. The van der Waals surface area contributed by atoms with Crippen LogP contribution in [0.25, 0.3) is 0 Å². The van der Waals surface area contributed by atoms with Crippen molar-refractivity contribution in [2.75, 3.05) is 19.7 Å². The Morgan fingerprint density at radius 2 is 2.06 bits per heavy atom. The van der Waals surface area contributed by atoms with Crippen molar-refractivity contribution in [1.82, 2.24) is 4.90 Å². The van der Waals surface area contributed by atoms with Crippen LogP contribution >= 0.6 is 0 Å². The van der Waals surface area contributed by atoms with Gasteiger partial charge in [-0.2, -0.15) is 0 Å². The second-order valence-corrected chi connectivity index (χ2v) is 3.91. The van der Waals surface area contributed by atoms with E-state index < -0.39 is 6.09 Å². The summed E-state index contributed by atoms with van der Waals surface area (Å²) in [6, 6.07) is 5.86. The van der Waals surface area contributed by atoms with Crippen molar-refractivity contribution < 1.29 is 13.9 Å². The summed E-state index contributed by atoms with van der Waals surface area (Å²) in [6.07, 6.45) is -0.403. The third-order valence-electron chi connectivity index (χ3n) is 2.69. The van der Waals surface area contributed by atoms with Crippen LogP contribution in [0.15, 0.2) is 24.3 Å². The summed E-state index contributed by atoms with van der Waals surface area (Å²) in [4.78, 5) is 13.3. The van der Waals surface area contributed by atoms with Crippen molar-refractivity contribution >= 4 is 6.09 Å². The Morgan fingerprint density at radius 1 is 1.44 bits per heavy atom. The Bertz CT molecular complexity index is 381. The maximum absolute atomic E-state index is 12.9. The number of hydrogen-bond donors (Lipinski definition) is 1. The van der Waals surface area contributed by atoms with E-state index >= 15 is 0 Å². The molecule has 18 heavy (non-hydrogen) atoms. The second kappa shape index (κ2) is 6.96. The number of amides is 1. The van der Waals surface area contributed by atoms with Gasteiger partial charge in [0.2, 0.25) is 0 Å². The van der Waals surface area contributed by atoms with Gasteiger partial charge in [0.1, 0.15) is 5.82 Å². The number of halogens is 1. The molecule has 0 saturated carbocycles. The summed E-state index contributed by atoms with van der Waals surface area (Å²) < 4.78 is 17.8. The molecule has 0 saturated heterocycles. The molecule has 1 aromatic carbocycles. The van der Waals surface area contributed by atoms with E-state index in [2.05, 4.69) is 0 Å². The fraction of sp³-hybridized carbons (Fsp3) is 0.462. The van der Waals surface area contributed by atoms with Gasteiger partial charge in [-0.15, -0.1) is 0 Å². The van der Waals surface area contributed by atoms with E-state index in [0.29, 0.717) is 19.7 Å². The van der Waals surface area contributed by atoms with Crippen LogP contribution in [0, 0.1) is 5.82 Å². The summed E-state index contributed by atoms with van der Waals surface area (Å²) in [5.74, 6) is -0.299. The molecule has 2 N–H and O–H groups in total. The van der Waals surface area contributed by atoms with Gasteiger partial charge in [0.15, 0.2) is 0 Å². The van der Waals surface area contributed by atoms with E-state index in [1.165, 1.54) is 17.0 Å². The molecule has 0 radical (unpaired) electrons. The molecule has 4 nitrogen and oxygen atoms in total. The topological polar surface area (TPSA) is 55.6 Å². The number of carbonyl (C=O) groups is 1. The molecule has 1 amide bonds. The predicted octanol–water partition coefficient (Wildman–Crippen LogP) is 2.30. The highest BCUT2D eigenvalue weighted by Crippen LogP contribution is 2.20. The molecule has 0 aliphatic carbocycles. The molecule has 0 spiro atoms. The molecule has 0 unspecified atom stereocenters. The van der Waals surface area contributed by atoms with Gasteiger partial charge in [-0.3, -0.25) is 0 Å². The van der Waals surface area contributed by atoms with E-state index in [0.717, 1.165) is 5.56 Å². The molecule has 1 rings (SSSR count).